The number of nitrogens with zero attached hydrogens (tertiary/aromatic N) is 4. The van der Waals surface area contributed by atoms with Crippen LogP contribution in [0.1, 0.15) is 0 Å². The van der Waals surface area contributed by atoms with Crippen LogP contribution in [-0.2, 0) is 14.1 Å². The van der Waals surface area contributed by atoms with E-state index >= 15 is 0 Å². The second kappa shape index (κ2) is 5.59. The van der Waals surface area contributed by atoms with Crippen molar-refractivity contribution in [2.45, 2.75) is 0 Å². The van der Waals surface area contributed by atoms with Crippen LogP contribution in [0.5, 0.6) is 0 Å². The van der Waals surface area contributed by atoms with Crippen LogP contribution in [0.25, 0.3) is 28.0 Å². The molecule has 6 nitrogen and oxygen atoms in total. The van der Waals surface area contributed by atoms with Crippen LogP contribution in [0, 0.1) is 0 Å². The van der Waals surface area contributed by atoms with E-state index < -0.39 is 5.69 Å². The quantitative estimate of drug-likeness (QED) is 0.565. The Morgan fingerprint density at radius 3 is 2.04 bits per heavy atom. The average Bonchev–Trinajstić information content (AvgIpc) is 3.07. The molecule has 124 valence electrons. The van der Waals surface area contributed by atoms with E-state index in [1.807, 2.05) is 60.7 Å². The largest absolute Gasteiger partial charge is 0.332 e. The number of hydrogen-bond donors (Lipinski definition) is 0. The minimum absolute atomic E-state index is 0.348. The van der Waals surface area contributed by atoms with Crippen molar-refractivity contribution in [2.75, 3.05) is 0 Å². The smallest absolute Gasteiger partial charge is 0.279 e. The van der Waals surface area contributed by atoms with Crippen LogP contribution >= 0.6 is 0 Å². The van der Waals surface area contributed by atoms with Gasteiger partial charge in [0.2, 0.25) is 0 Å². The lowest BCUT2D eigenvalue weighted by atomic mass is 10.1. The molecular formula is C19H16N4O2. The molecule has 0 atom stereocenters. The molecule has 0 saturated heterocycles. The first kappa shape index (κ1) is 15.1. The van der Waals surface area contributed by atoms with Crippen molar-refractivity contribution >= 4 is 11.0 Å². The summed E-state index contributed by atoms with van der Waals surface area (Å²) in [5, 5.41) is 5.02. The first-order valence-corrected chi connectivity index (χ1v) is 7.89. The van der Waals surface area contributed by atoms with Crippen LogP contribution in [0.3, 0.4) is 0 Å². The number of rotatable bonds is 2. The molecule has 0 bridgehead atoms. The van der Waals surface area contributed by atoms with Gasteiger partial charge in [0.25, 0.3) is 5.56 Å². The molecule has 0 spiro atoms. The number of para-hydroxylation sites is 1. The topological polar surface area (TPSA) is 61.8 Å². The van der Waals surface area contributed by atoms with Gasteiger partial charge in [-0.3, -0.25) is 13.9 Å². The Balaban J connectivity index is 2.23. The standard InChI is InChI=1S/C19H16N4O2/c1-21-17-15(18(24)22(2)19(21)25)16(13-9-5-3-6-10-13)23(20-17)14-11-7-4-8-12-14/h3-12H,1-2H3. The van der Waals surface area contributed by atoms with Gasteiger partial charge in [-0.25, -0.2) is 9.48 Å². The third-order valence-corrected chi connectivity index (χ3v) is 4.32. The molecule has 0 N–H and O–H groups in total. The van der Waals surface area contributed by atoms with Gasteiger partial charge in [0.15, 0.2) is 5.65 Å². The lowest BCUT2D eigenvalue weighted by molar-refractivity contribution is 0.706. The van der Waals surface area contributed by atoms with Crippen molar-refractivity contribution in [1.29, 1.82) is 0 Å². The summed E-state index contributed by atoms with van der Waals surface area (Å²) >= 11 is 0. The summed E-state index contributed by atoms with van der Waals surface area (Å²) in [5.74, 6) is 0. The highest BCUT2D eigenvalue weighted by Crippen LogP contribution is 2.28. The normalized spacial score (nSPS) is 11.1. The molecule has 0 aliphatic heterocycles. The van der Waals surface area contributed by atoms with Crippen molar-refractivity contribution in [3.05, 3.63) is 81.5 Å². The summed E-state index contributed by atoms with van der Waals surface area (Å²) in [4.78, 5) is 25.1. The van der Waals surface area contributed by atoms with Gasteiger partial charge in [-0.05, 0) is 12.1 Å². The molecule has 2 aromatic carbocycles. The van der Waals surface area contributed by atoms with E-state index in [9.17, 15) is 9.59 Å². The van der Waals surface area contributed by atoms with E-state index in [1.54, 1.807) is 11.7 Å². The molecule has 0 unspecified atom stereocenters. The molecule has 0 amide bonds. The van der Waals surface area contributed by atoms with Gasteiger partial charge in [-0.15, -0.1) is 5.10 Å². The van der Waals surface area contributed by atoms with Gasteiger partial charge in [-0.1, -0.05) is 48.5 Å². The third kappa shape index (κ3) is 2.22. The van der Waals surface area contributed by atoms with Crippen LogP contribution in [0.2, 0.25) is 0 Å². The molecule has 2 aromatic heterocycles. The summed E-state index contributed by atoms with van der Waals surface area (Å²) in [6, 6.07) is 19.2. The zero-order valence-electron chi connectivity index (χ0n) is 13.9. The third-order valence-electron chi connectivity index (χ3n) is 4.32. The molecule has 2 heterocycles. The summed E-state index contributed by atoms with van der Waals surface area (Å²) in [5.41, 5.74) is 2.00. The average molecular weight is 332 g/mol. The van der Waals surface area contributed by atoms with Crippen LogP contribution < -0.4 is 11.2 Å². The van der Waals surface area contributed by atoms with E-state index in [2.05, 4.69) is 5.10 Å². The molecule has 6 heteroatoms. The lowest BCUT2D eigenvalue weighted by Gasteiger charge is -2.07. The Kier molecular flexibility index (Phi) is 3.39. The van der Waals surface area contributed by atoms with Crippen LogP contribution in [0.4, 0.5) is 0 Å². The van der Waals surface area contributed by atoms with Gasteiger partial charge < -0.3 is 0 Å². The minimum atomic E-state index is -0.394. The Hall–Kier alpha value is -3.41. The Morgan fingerprint density at radius 1 is 0.800 bits per heavy atom. The molecule has 25 heavy (non-hydrogen) atoms. The number of fused-ring (bicyclic) bond motifs is 1. The first-order valence-electron chi connectivity index (χ1n) is 7.89. The predicted molar refractivity (Wildman–Crippen MR) is 97.0 cm³/mol. The molecule has 0 aliphatic carbocycles. The number of aromatic nitrogens is 4. The summed E-state index contributed by atoms with van der Waals surface area (Å²) < 4.78 is 4.25. The maximum atomic E-state index is 12.8. The maximum Gasteiger partial charge on any atom is 0.332 e. The fraction of sp³-hybridized carbons (Fsp3) is 0.105. The van der Waals surface area contributed by atoms with Crippen molar-refractivity contribution in [3.8, 4) is 16.9 Å². The van der Waals surface area contributed by atoms with E-state index in [1.165, 1.54) is 11.6 Å². The zero-order valence-corrected chi connectivity index (χ0v) is 13.9. The fourth-order valence-corrected chi connectivity index (χ4v) is 3.03. The second-order valence-electron chi connectivity index (χ2n) is 5.87. The fourth-order valence-electron chi connectivity index (χ4n) is 3.03. The van der Waals surface area contributed by atoms with E-state index in [4.69, 9.17) is 0 Å². The molecule has 4 rings (SSSR count). The van der Waals surface area contributed by atoms with E-state index in [0.29, 0.717) is 16.7 Å². The van der Waals surface area contributed by atoms with Gasteiger partial charge in [0, 0.05) is 19.7 Å². The molecule has 0 aliphatic rings. The van der Waals surface area contributed by atoms with Crippen molar-refractivity contribution in [2.24, 2.45) is 14.1 Å². The number of aryl methyl sites for hydroxylation is 1. The van der Waals surface area contributed by atoms with E-state index in [-0.39, 0.29) is 5.56 Å². The maximum absolute atomic E-state index is 12.8. The van der Waals surface area contributed by atoms with Crippen LogP contribution in [-0.4, -0.2) is 18.9 Å². The highest BCUT2D eigenvalue weighted by atomic mass is 16.2. The van der Waals surface area contributed by atoms with Crippen molar-refractivity contribution < 1.29 is 0 Å². The first-order chi connectivity index (χ1) is 12.1. The number of hydrogen-bond acceptors (Lipinski definition) is 3. The Bertz CT molecular complexity index is 1190. The Morgan fingerprint density at radius 2 is 1.40 bits per heavy atom. The molecule has 0 fully saturated rings. The summed E-state index contributed by atoms with van der Waals surface area (Å²) in [6.45, 7) is 0. The zero-order chi connectivity index (χ0) is 17.6. The monoisotopic (exact) mass is 332 g/mol. The van der Waals surface area contributed by atoms with Gasteiger partial charge in [0.1, 0.15) is 5.39 Å². The molecule has 0 saturated carbocycles. The van der Waals surface area contributed by atoms with Gasteiger partial charge in [-0.2, -0.15) is 0 Å². The molecular weight excluding hydrogens is 316 g/mol. The van der Waals surface area contributed by atoms with E-state index in [0.717, 1.165) is 15.8 Å². The van der Waals surface area contributed by atoms with Crippen LogP contribution in [0.15, 0.2) is 70.3 Å². The lowest BCUT2D eigenvalue weighted by Crippen LogP contribution is -2.36. The van der Waals surface area contributed by atoms with Crippen molar-refractivity contribution in [3.63, 3.8) is 0 Å². The van der Waals surface area contributed by atoms with Gasteiger partial charge in [0.05, 0.1) is 11.4 Å². The summed E-state index contributed by atoms with van der Waals surface area (Å²) in [6.07, 6.45) is 0. The SMILES string of the molecule is Cn1c(=O)c2c(-c3ccccc3)n(-c3ccccc3)nc2n(C)c1=O. The second-order valence-corrected chi connectivity index (χ2v) is 5.87. The predicted octanol–water partition coefficient (Wildman–Crippen LogP) is 2.09. The van der Waals surface area contributed by atoms with Gasteiger partial charge >= 0.3 is 5.69 Å². The summed E-state index contributed by atoms with van der Waals surface area (Å²) in [7, 11) is 3.11. The minimum Gasteiger partial charge on any atom is -0.279 e. The highest BCUT2D eigenvalue weighted by molar-refractivity contribution is 5.91. The number of benzene rings is 2. The molecule has 0 radical (unpaired) electrons. The Labute approximate surface area is 143 Å². The molecule has 4 aromatic rings. The van der Waals surface area contributed by atoms with Crippen molar-refractivity contribution in [1.82, 2.24) is 18.9 Å². The highest BCUT2D eigenvalue weighted by Gasteiger charge is 2.21.